The highest BCUT2D eigenvalue weighted by molar-refractivity contribution is 7.17. The number of aromatic nitrogens is 4. The van der Waals surface area contributed by atoms with Gasteiger partial charge in [0.2, 0.25) is 11.0 Å². The summed E-state index contributed by atoms with van der Waals surface area (Å²) in [6.45, 7) is 7.12. The zero-order valence-electron chi connectivity index (χ0n) is 18.4. The van der Waals surface area contributed by atoms with Crippen LogP contribution in [0.3, 0.4) is 0 Å². The minimum absolute atomic E-state index is 0.0669. The number of piperidine rings is 1. The number of carbonyl (C=O) groups is 2. The van der Waals surface area contributed by atoms with Gasteiger partial charge in [-0.2, -0.15) is 0 Å². The molecule has 1 fully saturated rings. The van der Waals surface area contributed by atoms with Crippen LogP contribution in [-0.4, -0.2) is 50.0 Å². The first-order valence-electron chi connectivity index (χ1n) is 10.7. The Bertz CT molecular complexity index is 1100. The summed E-state index contributed by atoms with van der Waals surface area (Å²) in [7, 11) is 0. The van der Waals surface area contributed by atoms with Gasteiger partial charge >= 0.3 is 0 Å². The molecule has 1 saturated heterocycles. The van der Waals surface area contributed by atoms with Gasteiger partial charge in [-0.25, -0.2) is 4.98 Å². The number of aryl methyl sites for hydroxylation is 1. The third-order valence-electron chi connectivity index (χ3n) is 5.26. The van der Waals surface area contributed by atoms with Gasteiger partial charge in [0.25, 0.3) is 5.91 Å². The van der Waals surface area contributed by atoms with E-state index in [0.29, 0.717) is 34.7 Å². The number of hydrogen-bond acceptors (Lipinski definition) is 8. The molecule has 8 nitrogen and oxygen atoms in total. The quantitative estimate of drug-likeness (QED) is 0.583. The van der Waals surface area contributed by atoms with Crippen LogP contribution in [0.15, 0.2) is 24.5 Å². The van der Waals surface area contributed by atoms with Crippen molar-refractivity contribution in [1.29, 1.82) is 0 Å². The Kier molecular flexibility index (Phi) is 6.90. The van der Waals surface area contributed by atoms with Crippen molar-refractivity contribution in [2.75, 3.05) is 18.4 Å². The van der Waals surface area contributed by atoms with Crippen molar-refractivity contribution in [1.82, 2.24) is 25.1 Å². The van der Waals surface area contributed by atoms with Gasteiger partial charge in [-0.15, -0.1) is 21.5 Å². The molecule has 1 unspecified atom stereocenters. The van der Waals surface area contributed by atoms with E-state index in [2.05, 4.69) is 39.3 Å². The average molecular weight is 471 g/mol. The van der Waals surface area contributed by atoms with Gasteiger partial charge in [0, 0.05) is 37.5 Å². The number of anilines is 1. The van der Waals surface area contributed by atoms with Gasteiger partial charge in [0.15, 0.2) is 0 Å². The smallest absolute Gasteiger partial charge is 0.265 e. The van der Waals surface area contributed by atoms with Crippen molar-refractivity contribution < 1.29 is 9.59 Å². The topological polar surface area (TPSA) is 101 Å². The molecule has 3 aromatic heterocycles. The fraction of sp³-hybridized carbons (Fsp3) is 0.455. The average Bonchev–Trinajstić information content (AvgIpc) is 3.39. The zero-order valence-corrected chi connectivity index (χ0v) is 20.0. The van der Waals surface area contributed by atoms with E-state index in [1.807, 2.05) is 19.1 Å². The Hall–Kier alpha value is -2.72. The lowest BCUT2D eigenvalue weighted by atomic mass is 9.97. The third kappa shape index (κ3) is 5.18. The second-order valence-corrected chi connectivity index (χ2v) is 10.4. The Labute approximate surface area is 195 Å². The van der Waals surface area contributed by atoms with Crippen LogP contribution >= 0.6 is 22.7 Å². The number of thiazole rings is 1. The molecule has 168 valence electrons. The highest BCUT2D eigenvalue weighted by Gasteiger charge is 2.31. The summed E-state index contributed by atoms with van der Waals surface area (Å²) in [5, 5.41) is 13.4. The number of nitrogens with one attached hydrogen (secondary N) is 1. The maximum Gasteiger partial charge on any atom is 0.265 e. The molecule has 1 atom stereocenters. The van der Waals surface area contributed by atoms with Crippen molar-refractivity contribution in [2.45, 2.75) is 40.0 Å². The number of nitrogens with zero attached hydrogens (tertiary/aromatic N) is 5. The molecule has 2 amide bonds. The van der Waals surface area contributed by atoms with Gasteiger partial charge < -0.3 is 10.2 Å². The Morgan fingerprint density at radius 3 is 2.88 bits per heavy atom. The maximum atomic E-state index is 13.2. The van der Waals surface area contributed by atoms with Crippen molar-refractivity contribution in [2.24, 2.45) is 11.8 Å². The molecule has 0 saturated carbocycles. The number of hydrogen-bond donors (Lipinski definition) is 1. The zero-order chi connectivity index (χ0) is 22.7. The molecule has 1 aliphatic heterocycles. The molecule has 10 heteroatoms. The minimum Gasteiger partial charge on any atom is -0.337 e. The molecule has 0 aromatic carbocycles. The summed E-state index contributed by atoms with van der Waals surface area (Å²) in [6.07, 6.45) is 5.83. The van der Waals surface area contributed by atoms with E-state index < -0.39 is 0 Å². The minimum atomic E-state index is -0.267. The standard InChI is InChI=1S/C22H26N6O2S2/c1-13(2)10-17-26-27-22(31-17)25-19(29)16-7-5-9-28(12-16)21(30)18-14(3)24-20(32-18)15-6-4-8-23-11-15/h4,6,8,11,13,16H,5,7,9-10,12H2,1-3H3,(H,25,27,29). The van der Waals surface area contributed by atoms with Crippen LogP contribution in [-0.2, 0) is 11.2 Å². The predicted molar refractivity (Wildman–Crippen MR) is 126 cm³/mol. The molecule has 0 radical (unpaired) electrons. The van der Waals surface area contributed by atoms with Crippen LogP contribution in [0, 0.1) is 18.8 Å². The first-order valence-corrected chi connectivity index (χ1v) is 12.3. The van der Waals surface area contributed by atoms with Crippen LogP contribution < -0.4 is 5.32 Å². The first-order chi connectivity index (χ1) is 15.4. The second kappa shape index (κ2) is 9.83. The summed E-state index contributed by atoms with van der Waals surface area (Å²) in [5.74, 6) is 0.0454. The van der Waals surface area contributed by atoms with E-state index in [9.17, 15) is 9.59 Å². The molecule has 3 aromatic rings. The van der Waals surface area contributed by atoms with Gasteiger partial charge in [0.05, 0.1) is 11.6 Å². The fourth-order valence-corrected chi connectivity index (χ4v) is 5.65. The second-order valence-electron chi connectivity index (χ2n) is 8.35. The highest BCUT2D eigenvalue weighted by atomic mass is 32.1. The van der Waals surface area contributed by atoms with Gasteiger partial charge in [0.1, 0.15) is 14.9 Å². The molecule has 0 aliphatic carbocycles. The first kappa shape index (κ1) is 22.5. The van der Waals surface area contributed by atoms with Crippen molar-refractivity contribution in [3.05, 3.63) is 40.1 Å². The Balaban J connectivity index is 1.41. The molecule has 1 N–H and O–H groups in total. The van der Waals surface area contributed by atoms with Gasteiger partial charge in [-0.1, -0.05) is 25.2 Å². The van der Waals surface area contributed by atoms with Gasteiger partial charge in [-0.05, 0) is 37.8 Å². The molecule has 0 bridgehead atoms. The number of carbonyl (C=O) groups excluding carboxylic acids is 2. The predicted octanol–water partition coefficient (Wildman–Crippen LogP) is 4.05. The van der Waals surface area contributed by atoms with Crippen molar-refractivity contribution >= 4 is 39.6 Å². The van der Waals surface area contributed by atoms with Crippen LogP contribution in [0.1, 0.15) is 47.1 Å². The monoisotopic (exact) mass is 470 g/mol. The van der Waals surface area contributed by atoms with E-state index in [4.69, 9.17) is 0 Å². The van der Waals surface area contributed by atoms with Crippen molar-refractivity contribution in [3.8, 4) is 10.6 Å². The van der Waals surface area contributed by atoms with Crippen LogP contribution in [0.25, 0.3) is 10.6 Å². The Morgan fingerprint density at radius 2 is 2.12 bits per heavy atom. The molecule has 32 heavy (non-hydrogen) atoms. The summed E-state index contributed by atoms with van der Waals surface area (Å²) in [4.78, 5) is 37.1. The van der Waals surface area contributed by atoms with E-state index in [-0.39, 0.29) is 17.7 Å². The third-order valence-corrected chi connectivity index (χ3v) is 7.31. The lowest BCUT2D eigenvalue weighted by Gasteiger charge is -2.31. The van der Waals surface area contributed by atoms with Crippen LogP contribution in [0.2, 0.25) is 0 Å². The number of rotatable bonds is 6. The summed E-state index contributed by atoms with van der Waals surface area (Å²) in [5.41, 5.74) is 1.60. The lowest BCUT2D eigenvalue weighted by Crippen LogP contribution is -2.43. The highest BCUT2D eigenvalue weighted by Crippen LogP contribution is 2.30. The maximum absolute atomic E-state index is 13.2. The molecule has 4 heterocycles. The largest absolute Gasteiger partial charge is 0.337 e. The van der Waals surface area contributed by atoms with Crippen LogP contribution in [0.5, 0.6) is 0 Å². The molecule has 4 rings (SSSR count). The Morgan fingerprint density at radius 1 is 1.28 bits per heavy atom. The SMILES string of the molecule is Cc1nc(-c2cccnc2)sc1C(=O)N1CCCC(C(=O)Nc2nnc(CC(C)C)s2)C1. The number of amides is 2. The molecule has 0 spiro atoms. The number of likely N-dealkylation sites (tertiary alicyclic amines) is 1. The van der Waals surface area contributed by atoms with Crippen molar-refractivity contribution in [3.63, 3.8) is 0 Å². The molecular weight excluding hydrogens is 444 g/mol. The van der Waals surface area contributed by atoms with Gasteiger partial charge in [-0.3, -0.25) is 14.6 Å². The summed E-state index contributed by atoms with van der Waals surface area (Å²) >= 11 is 2.79. The fourth-order valence-electron chi connectivity index (χ4n) is 3.67. The summed E-state index contributed by atoms with van der Waals surface area (Å²) < 4.78 is 0. The normalized spacial score (nSPS) is 16.4. The lowest BCUT2D eigenvalue weighted by molar-refractivity contribution is -0.121. The summed E-state index contributed by atoms with van der Waals surface area (Å²) in [6, 6.07) is 3.78. The van der Waals surface area contributed by atoms with E-state index >= 15 is 0 Å². The number of pyridine rings is 1. The molecule has 1 aliphatic rings. The van der Waals surface area contributed by atoms with E-state index in [1.54, 1.807) is 17.3 Å². The van der Waals surface area contributed by atoms with E-state index in [0.717, 1.165) is 34.8 Å². The van der Waals surface area contributed by atoms with E-state index in [1.165, 1.54) is 22.7 Å². The molecular formula is C22H26N6O2S2. The van der Waals surface area contributed by atoms with Crippen LogP contribution in [0.4, 0.5) is 5.13 Å².